The van der Waals surface area contributed by atoms with Crippen LogP contribution in [0.2, 0.25) is 0 Å². The van der Waals surface area contributed by atoms with E-state index in [1.165, 1.54) is 64.9 Å². The first-order valence-electron chi connectivity index (χ1n) is 12.1. The van der Waals surface area contributed by atoms with Gasteiger partial charge < -0.3 is 24.3 Å². The molecule has 0 aliphatic heterocycles. The van der Waals surface area contributed by atoms with E-state index in [4.69, 9.17) is 33.8 Å². The quantitative estimate of drug-likeness (QED) is 0.0442. The van der Waals surface area contributed by atoms with Gasteiger partial charge in [-0.15, -0.1) is 0 Å². The van der Waals surface area contributed by atoms with Crippen molar-refractivity contribution in [2.75, 3.05) is 33.5 Å². The highest BCUT2D eigenvalue weighted by Crippen LogP contribution is 2.25. The van der Waals surface area contributed by atoms with Crippen LogP contribution < -0.4 is 0 Å². The molecule has 0 rings (SSSR count). The molecule has 1 unspecified atom stereocenters. The third-order valence-electron chi connectivity index (χ3n) is 4.45. The molecule has 0 heterocycles. The lowest BCUT2D eigenvalue weighted by atomic mass is 10.1. The minimum Gasteiger partial charge on any atom is -0.378 e. The molecular weight excluding hydrogens is 507 g/mol. The van der Waals surface area contributed by atoms with Crippen molar-refractivity contribution in [1.82, 2.24) is 0 Å². The summed E-state index contributed by atoms with van der Waals surface area (Å²) in [7, 11) is -3.31. The van der Waals surface area contributed by atoms with Gasteiger partial charge in [-0.1, -0.05) is 84.6 Å². The predicted molar refractivity (Wildman–Crippen MR) is 125 cm³/mol. The van der Waals surface area contributed by atoms with Crippen molar-refractivity contribution >= 4 is 7.82 Å². The standard InChI is InChI=1S/C21H42O10.H3O4P/c1-5-6-7-8-9-10-11-12-13-14-15-16-24-28-30-31-29-25-18-17-23-19-20(2)21(3)26-27-22-4;1-5(2,3)4/h20H,3,5-19H2,1-2,4H3;(H3,1,2,3,4). The molecule has 0 fully saturated rings. The lowest BCUT2D eigenvalue weighted by Gasteiger charge is -2.12. The predicted octanol–water partition coefficient (Wildman–Crippen LogP) is 4.72. The first-order valence-corrected chi connectivity index (χ1v) is 13.6. The maximum atomic E-state index is 8.88. The van der Waals surface area contributed by atoms with Gasteiger partial charge in [0.1, 0.15) is 12.4 Å². The Bertz CT molecular complexity index is 497. The second kappa shape index (κ2) is 28.9. The molecule has 0 aliphatic carbocycles. The summed E-state index contributed by atoms with van der Waals surface area (Å²) in [6, 6.07) is 0. The maximum absolute atomic E-state index is 8.88. The van der Waals surface area contributed by atoms with Crippen molar-refractivity contribution in [3.63, 3.8) is 0 Å². The van der Waals surface area contributed by atoms with Crippen LogP contribution in [0.15, 0.2) is 12.3 Å². The first kappa shape index (κ1) is 37.4. The first-order chi connectivity index (χ1) is 17.2. The van der Waals surface area contributed by atoms with Crippen molar-refractivity contribution in [2.45, 2.75) is 84.5 Å². The molecule has 0 aromatic carbocycles. The van der Waals surface area contributed by atoms with Crippen molar-refractivity contribution < 1.29 is 68.7 Å². The average molecular weight is 553 g/mol. The van der Waals surface area contributed by atoms with Gasteiger partial charge >= 0.3 is 7.82 Å². The highest BCUT2D eigenvalue weighted by Gasteiger charge is 2.10. The Labute approximate surface area is 213 Å². The molecule has 0 aliphatic rings. The lowest BCUT2D eigenvalue weighted by molar-refractivity contribution is -0.756. The fourth-order valence-corrected chi connectivity index (χ4v) is 2.56. The Hall–Kier alpha value is -0.710. The fourth-order valence-electron chi connectivity index (χ4n) is 2.56. The molecule has 0 radical (unpaired) electrons. The summed E-state index contributed by atoms with van der Waals surface area (Å²) in [6.07, 6.45) is 13.9. The summed E-state index contributed by atoms with van der Waals surface area (Å²) in [5.74, 6) is 0.280. The van der Waals surface area contributed by atoms with Gasteiger partial charge in [-0.25, -0.2) is 14.3 Å². The number of ether oxygens (including phenoxy) is 1. The summed E-state index contributed by atoms with van der Waals surface area (Å²) in [5, 5.41) is 21.3. The van der Waals surface area contributed by atoms with Gasteiger partial charge in [0.15, 0.2) is 0 Å². The summed E-state index contributed by atoms with van der Waals surface area (Å²) >= 11 is 0. The summed E-state index contributed by atoms with van der Waals surface area (Å²) in [4.78, 5) is 40.1. The van der Waals surface area contributed by atoms with Gasteiger partial charge in [-0.2, -0.15) is 4.89 Å². The molecule has 0 spiro atoms. The van der Waals surface area contributed by atoms with Crippen molar-refractivity contribution in [3.05, 3.63) is 12.3 Å². The van der Waals surface area contributed by atoms with Crippen LogP contribution in [0.4, 0.5) is 0 Å². The van der Waals surface area contributed by atoms with E-state index in [1.807, 2.05) is 6.92 Å². The van der Waals surface area contributed by atoms with Crippen LogP contribution in [0.5, 0.6) is 0 Å². The third kappa shape index (κ3) is 37.8. The van der Waals surface area contributed by atoms with Crippen molar-refractivity contribution in [2.24, 2.45) is 5.92 Å². The normalized spacial score (nSPS) is 12.2. The Morgan fingerprint density at radius 2 is 1.22 bits per heavy atom. The number of rotatable bonds is 26. The van der Waals surface area contributed by atoms with Crippen LogP contribution in [-0.4, -0.2) is 48.2 Å². The molecule has 36 heavy (non-hydrogen) atoms. The SMILES string of the molecule is C=C(OOOC)C(C)COCCOOOOOOCCCCCCCCCCCCC.O=P(O)(O)O. The van der Waals surface area contributed by atoms with E-state index in [-0.39, 0.29) is 19.1 Å². The maximum Gasteiger partial charge on any atom is 0.466 e. The van der Waals surface area contributed by atoms with E-state index < -0.39 is 7.82 Å². The molecule has 3 N–H and O–H groups in total. The number of hydrogen-bond acceptors (Lipinski definition) is 11. The number of hydrogen-bond donors (Lipinski definition) is 3. The fraction of sp³-hybridized carbons (Fsp3) is 0.905. The summed E-state index contributed by atoms with van der Waals surface area (Å²) < 4.78 is 14.2. The average Bonchev–Trinajstić information content (AvgIpc) is 2.82. The van der Waals surface area contributed by atoms with Crippen LogP contribution in [0.1, 0.15) is 84.5 Å². The molecular formula is C21H45O14P. The van der Waals surface area contributed by atoms with Gasteiger partial charge in [0.05, 0.1) is 26.9 Å². The largest absolute Gasteiger partial charge is 0.466 e. The molecule has 1 atom stereocenters. The molecule has 15 heteroatoms. The zero-order valence-electron chi connectivity index (χ0n) is 21.7. The molecule has 0 saturated carbocycles. The Morgan fingerprint density at radius 1 is 0.750 bits per heavy atom. The second-order valence-electron chi connectivity index (χ2n) is 7.73. The van der Waals surface area contributed by atoms with Gasteiger partial charge in [0.2, 0.25) is 0 Å². The highest BCUT2D eigenvalue weighted by atomic mass is 31.2. The summed E-state index contributed by atoms with van der Waals surface area (Å²) in [5.41, 5.74) is 0. The van der Waals surface area contributed by atoms with E-state index >= 15 is 0 Å². The van der Waals surface area contributed by atoms with Crippen LogP contribution in [0.3, 0.4) is 0 Å². The summed E-state index contributed by atoms with van der Waals surface area (Å²) in [6.45, 7) is 8.89. The Morgan fingerprint density at radius 3 is 1.72 bits per heavy atom. The van der Waals surface area contributed by atoms with E-state index in [1.54, 1.807) is 0 Å². The van der Waals surface area contributed by atoms with E-state index in [9.17, 15) is 0 Å². The van der Waals surface area contributed by atoms with Gasteiger partial charge in [-0.3, -0.25) is 0 Å². The second-order valence-corrected chi connectivity index (χ2v) is 8.75. The zero-order valence-corrected chi connectivity index (χ0v) is 22.6. The lowest BCUT2D eigenvalue weighted by Crippen LogP contribution is -2.13. The molecule has 0 saturated heterocycles. The van der Waals surface area contributed by atoms with E-state index in [0.29, 0.717) is 19.0 Å². The van der Waals surface area contributed by atoms with E-state index in [0.717, 1.165) is 12.8 Å². The van der Waals surface area contributed by atoms with Gasteiger partial charge in [0.25, 0.3) is 0 Å². The van der Waals surface area contributed by atoms with Crippen molar-refractivity contribution in [3.8, 4) is 0 Å². The number of phosphoric acid groups is 1. The molecule has 0 bridgehead atoms. The van der Waals surface area contributed by atoms with Crippen LogP contribution in [0.25, 0.3) is 0 Å². The van der Waals surface area contributed by atoms with Gasteiger partial charge in [-0.05, 0) is 31.6 Å². The minimum absolute atomic E-state index is 0.0958. The monoisotopic (exact) mass is 552 g/mol. The molecule has 0 amide bonds. The van der Waals surface area contributed by atoms with Gasteiger partial charge in [0, 0.05) is 5.92 Å². The van der Waals surface area contributed by atoms with Crippen LogP contribution >= 0.6 is 7.82 Å². The highest BCUT2D eigenvalue weighted by molar-refractivity contribution is 7.45. The van der Waals surface area contributed by atoms with Crippen molar-refractivity contribution in [1.29, 1.82) is 0 Å². The van der Waals surface area contributed by atoms with E-state index in [2.05, 4.69) is 48.5 Å². The van der Waals surface area contributed by atoms with Crippen LogP contribution in [-0.2, 0) is 54.0 Å². The Balaban J connectivity index is 0. The van der Waals surface area contributed by atoms with Crippen LogP contribution in [0, 0.1) is 5.92 Å². The smallest absolute Gasteiger partial charge is 0.378 e. The third-order valence-corrected chi connectivity index (χ3v) is 4.45. The number of unbranched alkanes of at least 4 members (excludes halogenated alkanes) is 10. The molecule has 14 nitrogen and oxygen atoms in total. The molecule has 218 valence electrons. The minimum atomic E-state index is -4.64. The molecule has 0 aromatic rings. The molecule has 0 aromatic heterocycles. The topological polar surface area (TPSA) is 170 Å². The zero-order chi connectivity index (χ0) is 27.3. The Kier molecular flexibility index (Phi) is 30.0.